The van der Waals surface area contributed by atoms with Crippen molar-refractivity contribution in [2.45, 2.75) is 27.2 Å². The summed E-state index contributed by atoms with van der Waals surface area (Å²) in [6, 6.07) is 1.23. The Kier molecular flexibility index (Phi) is 3.31. The van der Waals surface area contributed by atoms with Crippen LogP contribution in [0.15, 0.2) is 10.6 Å². The molecule has 7 nitrogen and oxygen atoms in total. The first-order valence-corrected chi connectivity index (χ1v) is 5.65. The number of urea groups is 1. The van der Waals surface area contributed by atoms with Crippen LogP contribution in [0.3, 0.4) is 0 Å². The third-order valence-corrected chi connectivity index (χ3v) is 2.57. The Hall–Kier alpha value is -2.31. The van der Waals surface area contributed by atoms with Gasteiger partial charge in [0, 0.05) is 17.3 Å². The predicted octanol–water partition coefficient (Wildman–Crippen LogP) is 2.22. The molecule has 2 heterocycles. The van der Waals surface area contributed by atoms with Crippen LogP contribution in [0.1, 0.15) is 23.9 Å². The minimum atomic E-state index is -0.402. The Bertz CT molecular complexity index is 558. The van der Waals surface area contributed by atoms with E-state index in [0.717, 1.165) is 17.7 Å². The first-order chi connectivity index (χ1) is 8.60. The summed E-state index contributed by atoms with van der Waals surface area (Å²) in [5.41, 5.74) is 1.94. The lowest BCUT2D eigenvalue weighted by Gasteiger charge is -2.02. The Labute approximate surface area is 104 Å². The van der Waals surface area contributed by atoms with Crippen molar-refractivity contribution < 1.29 is 9.32 Å². The molecule has 0 aliphatic heterocycles. The van der Waals surface area contributed by atoms with Gasteiger partial charge in [-0.05, 0) is 20.3 Å². The number of aryl methyl sites for hydroxylation is 2. The number of nitrogens with zero attached hydrogens (tertiary/aromatic N) is 2. The maximum absolute atomic E-state index is 11.7. The van der Waals surface area contributed by atoms with Crippen LogP contribution >= 0.6 is 0 Å². The lowest BCUT2D eigenvalue weighted by molar-refractivity contribution is 0.262. The number of hydrogen-bond acceptors (Lipinski definition) is 4. The Balaban J connectivity index is 2.00. The molecule has 2 amide bonds. The average Bonchev–Trinajstić information content (AvgIpc) is 2.87. The second-order valence-electron chi connectivity index (χ2n) is 3.93. The minimum absolute atomic E-state index is 0.369. The van der Waals surface area contributed by atoms with Crippen LogP contribution in [0.5, 0.6) is 0 Å². The first kappa shape index (κ1) is 12.2. The molecule has 0 aromatic carbocycles. The molecule has 0 unspecified atom stereocenters. The minimum Gasteiger partial charge on any atom is -0.360 e. The van der Waals surface area contributed by atoms with Gasteiger partial charge in [-0.2, -0.15) is 5.10 Å². The van der Waals surface area contributed by atoms with Gasteiger partial charge in [0.2, 0.25) is 0 Å². The summed E-state index contributed by atoms with van der Waals surface area (Å²) in [4.78, 5) is 11.7. The predicted molar refractivity (Wildman–Crippen MR) is 66.6 cm³/mol. The molecule has 2 aromatic heterocycles. The van der Waals surface area contributed by atoms with Crippen molar-refractivity contribution >= 4 is 17.7 Å². The standard InChI is InChI=1S/C11H15N5O2/c1-4-8-7(3)10(15-14-8)13-11(17)12-9-5-6(2)18-16-9/h5H,4H2,1-3H3,(H3,12,13,14,15,16,17). The molecule has 3 N–H and O–H groups in total. The van der Waals surface area contributed by atoms with Gasteiger partial charge < -0.3 is 4.52 Å². The van der Waals surface area contributed by atoms with Crippen LogP contribution in [0.2, 0.25) is 0 Å². The van der Waals surface area contributed by atoms with Crippen molar-refractivity contribution in [2.75, 3.05) is 10.6 Å². The zero-order valence-corrected chi connectivity index (χ0v) is 10.5. The molecule has 0 spiro atoms. The molecule has 96 valence electrons. The fraction of sp³-hybridized carbons (Fsp3) is 0.364. The van der Waals surface area contributed by atoms with E-state index >= 15 is 0 Å². The molecule has 18 heavy (non-hydrogen) atoms. The Morgan fingerprint density at radius 1 is 1.44 bits per heavy atom. The van der Waals surface area contributed by atoms with Crippen LogP contribution in [0.25, 0.3) is 0 Å². The van der Waals surface area contributed by atoms with Gasteiger partial charge in [0.25, 0.3) is 0 Å². The van der Waals surface area contributed by atoms with E-state index in [9.17, 15) is 4.79 Å². The Morgan fingerprint density at radius 3 is 2.78 bits per heavy atom. The summed E-state index contributed by atoms with van der Waals surface area (Å²) in [7, 11) is 0. The fourth-order valence-corrected chi connectivity index (χ4v) is 1.58. The largest absolute Gasteiger partial charge is 0.360 e. The highest BCUT2D eigenvalue weighted by molar-refractivity contribution is 5.98. The topological polar surface area (TPSA) is 95.8 Å². The molecule has 0 aliphatic carbocycles. The number of H-pyrrole nitrogens is 1. The zero-order valence-electron chi connectivity index (χ0n) is 10.5. The van der Waals surface area contributed by atoms with E-state index in [0.29, 0.717) is 17.4 Å². The molecular formula is C11H15N5O2. The van der Waals surface area contributed by atoms with Gasteiger partial charge in [-0.25, -0.2) is 4.79 Å². The lowest BCUT2D eigenvalue weighted by Crippen LogP contribution is -2.20. The number of anilines is 2. The van der Waals surface area contributed by atoms with Gasteiger partial charge in [-0.1, -0.05) is 12.1 Å². The van der Waals surface area contributed by atoms with E-state index in [1.807, 2.05) is 13.8 Å². The average molecular weight is 249 g/mol. The van der Waals surface area contributed by atoms with Crippen molar-refractivity contribution in [3.05, 3.63) is 23.1 Å². The van der Waals surface area contributed by atoms with Crippen LogP contribution < -0.4 is 10.6 Å². The van der Waals surface area contributed by atoms with Crippen LogP contribution in [-0.4, -0.2) is 21.4 Å². The van der Waals surface area contributed by atoms with E-state index in [1.54, 1.807) is 13.0 Å². The van der Waals surface area contributed by atoms with Gasteiger partial charge in [0.05, 0.1) is 0 Å². The SMILES string of the molecule is CCc1[nH]nc(NC(=O)Nc2cc(C)on2)c1C. The molecule has 0 bridgehead atoms. The van der Waals surface area contributed by atoms with Gasteiger partial charge in [-0.3, -0.25) is 15.7 Å². The number of aromatic amines is 1. The first-order valence-electron chi connectivity index (χ1n) is 5.65. The number of nitrogens with one attached hydrogen (secondary N) is 3. The Morgan fingerprint density at radius 2 is 2.22 bits per heavy atom. The fourth-order valence-electron chi connectivity index (χ4n) is 1.58. The second kappa shape index (κ2) is 4.91. The van der Waals surface area contributed by atoms with Gasteiger partial charge in [0.15, 0.2) is 11.6 Å². The molecule has 0 atom stereocenters. The highest BCUT2D eigenvalue weighted by Gasteiger charge is 2.11. The summed E-state index contributed by atoms with van der Waals surface area (Å²) in [5.74, 6) is 1.52. The molecular weight excluding hydrogens is 234 g/mol. The van der Waals surface area contributed by atoms with E-state index in [-0.39, 0.29) is 0 Å². The molecule has 0 aliphatic rings. The molecule has 2 aromatic rings. The van der Waals surface area contributed by atoms with Crippen molar-refractivity contribution in [1.29, 1.82) is 0 Å². The molecule has 7 heteroatoms. The summed E-state index contributed by atoms with van der Waals surface area (Å²) in [6.45, 7) is 5.67. The highest BCUT2D eigenvalue weighted by Crippen LogP contribution is 2.15. The van der Waals surface area contributed by atoms with Crippen LogP contribution in [-0.2, 0) is 6.42 Å². The number of rotatable bonds is 3. The molecule has 0 saturated carbocycles. The monoisotopic (exact) mass is 249 g/mol. The number of carbonyl (C=O) groups is 1. The normalized spacial score (nSPS) is 10.4. The molecule has 2 rings (SSSR count). The smallest absolute Gasteiger partial charge is 0.326 e. The summed E-state index contributed by atoms with van der Waals surface area (Å²) in [6.07, 6.45) is 0.838. The second-order valence-corrected chi connectivity index (χ2v) is 3.93. The van der Waals surface area contributed by atoms with Crippen molar-refractivity contribution in [3.8, 4) is 0 Å². The lowest BCUT2D eigenvalue weighted by atomic mass is 10.2. The number of hydrogen-bond donors (Lipinski definition) is 3. The third kappa shape index (κ3) is 2.50. The van der Waals surface area contributed by atoms with E-state index in [1.165, 1.54) is 0 Å². The van der Waals surface area contributed by atoms with E-state index < -0.39 is 6.03 Å². The maximum Gasteiger partial charge on any atom is 0.326 e. The van der Waals surface area contributed by atoms with Crippen LogP contribution in [0.4, 0.5) is 16.4 Å². The van der Waals surface area contributed by atoms with Gasteiger partial charge in [-0.15, -0.1) is 0 Å². The van der Waals surface area contributed by atoms with Gasteiger partial charge >= 0.3 is 6.03 Å². The number of amides is 2. The highest BCUT2D eigenvalue weighted by atomic mass is 16.5. The van der Waals surface area contributed by atoms with Crippen molar-refractivity contribution in [1.82, 2.24) is 15.4 Å². The van der Waals surface area contributed by atoms with Crippen LogP contribution in [0, 0.1) is 13.8 Å². The third-order valence-electron chi connectivity index (χ3n) is 2.57. The molecule has 0 radical (unpaired) electrons. The van der Waals surface area contributed by atoms with Crippen molar-refractivity contribution in [2.24, 2.45) is 0 Å². The zero-order chi connectivity index (χ0) is 13.1. The summed E-state index contributed by atoms with van der Waals surface area (Å²) >= 11 is 0. The summed E-state index contributed by atoms with van der Waals surface area (Å²) in [5, 5.41) is 15.8. The summed E-state index contributed by atoms with van der Waals surface area (Å²) < 4.78 is 4.85. The van der Waals surface area contributed by atoms with Crippen molar-refractivity contribution in [3.63, 3.8) is 0 Å². The number of carbonyl (C=O) groups excluding carboxylic acids is 1. The van der Waals surface area contributed by atoms with Gasteiger partial charge in [0.1, 0.15) is 5.76 Å². The maximum atomic E-state index is 11.7. The number of aromatic nitrogens is 3. The quantitative estimate of drug-likeness (QED) is 0.777. The molecule has 0 saturated heterocycles. The van der Waals surface area contributed by atoms with E-state index in [2.05, 4.69) is 26.0 Å². The van der Waals surface area contributed by atoms with E-state index in [4.69, 9.17) is 4.52 Å². The molecule has 0 fully saturated rings.